The Morgan fingerprint density at radius 3 is 2.25 bits per heavy atom. The summed E-state index contributed by atoms with van der Waals surface area (Å²) in [5, 5.41) is 6.34. The topological polar surface area (TPSA) is 85.9 Å². The highest BCUT2D eigenvalue weighted by Gasteiger charge is 2.15. The van der Waals surface area contributed by atoms with Gasteiger partial charge in [-0.15, -0.1) is 0 Å². The lowest BCUT2D eigenvalue weighted by molar-refractivity contribution is -0.132. The number of rotatable bonds is 6. The molecule has 16 heavy (non-hydrogen) atoms. The molecule has 0 spiro atoms. The summed E-state index contributed by atoms with van der Waals surface area (Å²) in [5.41, 5.74) is 5.55. The number of carbonyl (C=O) groups excluding carboxylic acids is 1. The van der Waals surface area contributed by atoms with E-state index in [1.807, 2.05) is 13.8 Å². The Kier molecular flexibility index (Phi) is 6.48. The van der Waals surface area contributed by atoms with Gasteiger partial charge in [0.2, 0.25) is 6.10 Å². The molecule has 1 amide bonds. The Morgan fingerprint density at radius 2 is 1.81 bits per heavy atom. The number of oxime groups is 1. The third-order valence-electron chi connectivity index (χ3n) is 1.89. The fourth-order valence-corrected chi connectivity index (χ4v) is 0.785. The summed E-state index contributed by atoms with van der Waals surface area (Å²) in [4.78, 5) is 16.4. The van der Waals surface area contributed by atoms with Gasteiger partial charge in [0.1, 0.15) is 6.10 Å². The molecule has 0 bridgehead atoms. The van der Waals surface area contributed by atoms with E-state index in [0.29, 0.717) is 0 Å². The first-order valence-corrected chi connectivity index (χ1v) is 5.20. The molecule has 0 aromatic rings. The van der Waals surface area contributed by atoms with E-state index in [1.54, 1.807) is 13.8 Å². The zero-order valence-electron chi connectivity index (χ0n) is 10.5. The average Bonchev–Trinajstić information content (AvgIpc) is 2.23. The predicted molar refractivity (Wildman–Crippen MR) is 61.9 cm³/mol. The van der Waals surface area contributed by atoms with Gasteiger partial charge in [-0.05, 0) is 27.7 Å². The van der Waals surface area contributed by atoms with Gasteiger partial charge in [0, 0.05) is 13.2 Å². The second kappa shape index (κ2) is 7.05. The van der Waals surface area contributed by atoms with Gasteiger partial charge in [0.05, 0.1) is 0 Å². The highest BCUT2D eigenvalue weighted by molar-refractivity contribution is 5.84. The third kappa shape index (κ3) is 5.55. The number of ether oxygens (including phenoxy) is 1. The van der Waals surface area contributed by atoms with Crippen LogP contribution in [0.1, 0.15) is 27.7 Å². The minimum Gasteiger partial charge on any atom is -0.382 e. The highest BCUT2D eigenvalue weighted by Crippen LogP contribution is 1.95. The molecule has 0 radical (unpaired) electrons. The van der Waals surface area contributed by atoms with E-state index in [2.05, 4.69) is 10.5 Å². The lowest BCUT2D eigenvalue weighted by Crippen LogP contribution is -2.38. The van der Waals surface area contributed by atoms with Crippen molar-refractivity contribution in [3.8, 4) is 0 Å². The SMILES string of the molecule is CO[C@H](C)/C(N)=N\O[C@@H](C)C(=O)NC(C)C. The van der Waals surface area contributed by atoms with Gasteiger partial charge in [0.25, 0.3) is 5.91 Å². The van der Waals surface area contributed by atoms with Gasteiger partial charge in [-0.2, -0.15) is 0 Å². The first-order valence-electron chi connectivity index (χ1n) is 5.20. The molecule has 6 heteroatoms. The number of hydrogen-bond donors (Lipinski definition) is 2. The molecule has 0 aromatic heterocycles. The molecule has 0 fully saturated rings. The number of nitrogens with one attached hydrogen (secondary N) is 1. The Hall–Kier alpha value is -1.30. The fourth-order valence-electron chi connectivity index (χ4n) is 0.785. The summed E-state index contributed by atoms with van der Waals surface area (Å²) in [6.07, 6.45) is -1.01. The molecule has 0 aliphatic carbocycles. The van der Waals surface area contributed by atoms with E-state index in [1.165, 1.54) is 7.11 Å². The maximum atomic E-state index is 11.4. The summed E-state index contributed by atoms with van der Waals surface area (Å²) in [6, 6.07) is 0.0674. The lowest BCUT2D eigenvalue weighted by atomic mass is 10.3. The van der Waals surface area contributed by atoms with Crippen LogP contribution in [0.3, 0.4) is 0 Å². The zero-order valence-corrected chi connectivity index (χ0v) is 10.5. The molecule has 0 unspecified atom stereocenters. The van der Waals surface area contributed by atoms with E-state index in [0.717, 1.165) is 0 Å². The van der Waals surface area contributed by atoms with Crippen molar-refractivity contribution in [3.05, 3.63) is 0 Å². The van der Waals surface area contributed by atoms with E-state index in [-0.39, 0.29) is 23.9 Å². The smallest absolute Gasteiger partial charge is 0.263 e. The molecule has 0 saturated carbocycles. The van der Waals surface area contributed by atoms with Crippen molar-refractivity contribution in [1.82, 2.24) is 5.32 Å². The third-order valence-corrected chi connectivity index (χ3v) is 1.89. The van der Waals surface area contributed by atoms with Gasteiger partial charge in [-0.1, -0.05) is 5.16 Å². The van der Waals surface area contributed by atoms with Crippen molar-refractivity contribution in [1.29, 1.82) is 0 Å². The predicted octanol–water partition coefficient (Wildman–Crippen LogP) is 0.223. The largest absolute Gasteiger partial charge is 0.382 e. The van der Waals surface area contributed by atoms with Crippen molar-refractivity contribution in [3.63, 3.8) is 0 Å². The first-order chi connectivity index (χ1) is 7.38. The number of nitrogens with two attached hydrogens (primary N) is 1. The van der Waals surface area contributed by atoms with Crippen LogP contribution in [0.25, 0.3) is 0 Å². The molecule has 0 aliphatic heterocycles. The van der Waals surface area contributed by atoms with Crippen molar-refractivity contribution in [2.75, 3.05) is 7.11 Å². The van der Waals surface area contributed by atoms with Crippen molar-refractivity contribution in [2.24, 2.45) is 10.9 Å². The van der Waals surface area contributed by atoms with Crippen LogP contribution in [0.15, 0.2) is 5.16 Å². The number of methoxy groups -OCH3 is 1. The Balaban J connectivity index is 4.14. The molecule has 0 aliphatic rings. The fraction of sp³-hybridized carbons (Fsp3) is 0.800. The number of carbonyl (C=O) groups is 1. The number of hydrogen-bond acceptors (Lipinski definition) is 4. The van der Waals surface area contributed by atoms with Crippen LogP contribution in [0.4, 0.5) is 0 Å². The standard InChI is InChI=1S/C10H21N3O3/c1-6(2)12-10(14)8(4)16-13-9(11)7(3)15-5/h6-8H,1-5H3,(H2,11,13)(H,12,14)/t7-,8+/m1/s1. The van der Waals surface area contributed by atoms with Crippen LogP contribution < -0.4 is 11.1 Å². The van der Waals surface area contributed by atoms with Crippen molar-refractivity contribution >= 4 is 11.7 Å². The molecule has 2 atom stereocenters. The Morgan fingerprint density at radius 1 is 1.25 bits per heavy atom. The normalized spacial score (nSPS) is 15.8. The maximum absolute atomic E-state index is 11.4. The van der Waals surface area contributed by atoms with Crippen molar-refractivity contribution < 1.29 is 14.4 Å². The molecular weight excluding hydrogens is 210 g/mol. The lowest BCUT2D eigenvalue weighted by Gasteiger charge is -2.14. The van der Waals surface area contributed by atoms with Crippen LogP contribution in [-0.2, 0) is 14.4 Å². The van der Waals surface area contributed by atoms with E-state index < -0.39 is 6.10 Å². The monoisotopic (exact) mass is 231 g/mol. The molecule has 0 saturated heterocycles. The summed E-state index contributed by atoms with van der Waals surface area (Å²) < 4.78 is 4.93. The highest BCUT2D eigenvalue weighted by atomic mass is 16.6. The second-order valence-electron chi connectivity index (χ2n) is 3.81. The minimum atomic E-state index is -0.676. The first kappa shape index (κ1) is 14.7. The molecule has 0 aromatic carbocycles. The number of nitrogens with zero attached hydrogens (tertiary/aromatic N) is 1. The number of amidine groups is 1. The Bertz CT molecular complexity index is 254. The molecule has 6 nitrogen and oxygen atoms in total. The molecule has 0 rings (SSSR count). The molecule has 94 valence electrons. The van der Waals surface area contributed by atoms with Crippen LogP contribution in [0, 0.1) is 0 Å². The minimum absolute atomic E-state index is 0.0674. The van der Waals surface area contributed by atoms with Crippen LogP contribution >= 0.6 is 0 Å². The molecule has 3 N–H and O–H groups in total. The Labute approximate surface area is 96.2 Å². The maximum Gasteiger partial charge on any atom is 0.263 e. The summed E-state index contributed by atoms with van der Waals surface area (Å²) in [6.45, 7) is 7.08. The summed E-state index contributed by atoms with van der Waals surface area (Å²) in [7, 11) is 1.52. The van der Waals surface area contributed by atoms with Crippen molar-refractivity contribution in [2.45, 2.75) is 45.9 Å². The van der Waals surface area contributed by atoms with E-state index >= 15 is 0 Å². The zero-order chi connectivity index (χ0) is 12.7. The van der Waals surface area contributed by atoms with Gasteiger partial charge < -0.3 is 20.6 Å². The van der Waals surface area contributed by atoms with Gasteiger partial charge in [-0.25, -0.2) is 0 Å². The molecular formula is C10H21N3O3. The van der Waals surface area contributed by atoms with Gasteiger partial charge in [0.15, 0.2) is 5.84 Å². The quantitative estimate of drug-likeness (QED) is 0.389. The summed E-state index contributed by atoms with van der Waals surface area (Å²) >= 11 is 0. The second-order valence-corrected chi connectivity index (χ2v) is 3.81. The van der Waals surface area contributed by atoms with Crippen LogP contribution in [-0.4, -0.2) is 37.1 Å². The van der Waals surface area contributed by atoms with E-state index in [9.17, 15) is 4.79 Å². The summed E-state index contributed by atoms with van der Waals surface area (Å²) in [5.74, 6) is -0.0247. The molecule has 0 heterocycles. The van der Waals surface area contributed by atoms with Crippen LogP contribution in [0.2, 0.25) is 0 Å². The van der Waals surface area contributed by atoms with Gasteiger partial charge >= 0.3 is 0 Å². The van der Waals surface area contributed by atoms with Crippen LogP contribution in [0.5, 0.6) is 0 Å². The number of amides is 1. The van der Waals surface area contributed by atoms with E-state index in [4.69, 9.17) is 15.3 Å². The van der Waals surface area contributed by atoms with Gasteiger partial charge in [-0.3, -0.25) is 4.79 Å². The average molecular weight is 231 g/mol.